The van der Waals surface area contributed by atoms with E-state index in [1.165, 1.54) is 31.4 Å². The summed E-state index contributed by atoms with van der Waals surface area (Å²) in [7, 11) is 0. The molecule has 3 atom stereocenters. The van der Waals surface area contributed by atoms with Crippen molar-refractivity contribution in [1.29, 1.82) is 0 Å². The maximum absolute atomic E-state index is 5.40. The fourth-order valence-corrected chi connectivity index (χ4v) is 3.62. The summed E-state index contributed by atoms with van der Waals surface area (Å²) in [4.78, 5) is 0. The Labute approximate surface area is 101 Å². The van der Waals surface area contributed by atoms with Gasteiger partial charge in [0.1, 0.15) is 0 Å². The van der Waals surface area contributed by atoms with E-state index in [4.69, 9.17) is 9.47 Å². The van der Waals surface area contributed by atoms with E-state index in [9.17, 15) is 0 Å². The van der Waals surface area contributed by atoms with Crippen LogP contribution in [0.5, 0.6) is 11.5 Å². The van der Waals surface area contributed by atoms with Gasteiger partial charge in [0.25, 0.3) is 0 Å². The van der Waals surface area contributed by atoms with Crippen LogP contribution in [-0.2, 0) is 0 Å². The van der Waals surface area contributed by atoms with Crippen molar-refractivity contribution < 1.29 is 9.47 Å². The molecule has 0 amide bonds. The van der Waals surface area contributed by atoms with E-state index >= 15 is 0 Å². The molecule has 4 rings (SSSR count). The normalized spacial score (nSPS) is 33.1. The van der Waals surface area contributed by atoms with Crippen LogP contribution in [0.1, 0.15) is 25.7 Å². The summed E-state index contributed by atoms with van der Waals surface area (Å²) in [5.41, 5.74) is 1.17. The zero-order chi connectivity index (χ0) is 11.2. The topological polar surface area (TPSA) is 30.5 Å². The molecule has 0 radical (unpaired) electrons. The number of hydrogen-bond donors (Lipinski definition) is 1. The third kappa shape index (κ3) is 1.56. The van der Waals surface area contributed by atoms with E-state index in [2.05, 4.69) is 17.4 Å². The number of hydrogen-bond acceptors (Lipinski definition) is 3. The lowest BCUT2D eigenvalue weighted by Crippen LogP contribution is -2.25. The van der Waals surface area contributed by atoms with Crippen molar-refractivity contribution in [1.82, 2.24) is 0 Å². The molecule has 0 saturated heterocycles. The lowest BCUT2D eigenvalue weighted by atomic mass is 9.95. The van der Waals surface area contributed by atoms with E-state index in [-0.39, 0.29) is 0 Å². The third-order valence-corrected chi connectivity index (χ3v) is 4.46. The van der Waals surface area contributed by atoms with Gasteiger partial charge in [-0.15, -0.1) is 0 Å². The monoisotopic (exact) mass is 231 g/mol. The summed E-state index contributed by atoms with van der Waals surface area (Å²) in [5, 5.41) is 3.67. The summed E-state index contributed by atoms with van der Waals surface area (Å²) in [6.45, 7) is 0.354. The molecule has 2 fully saturated rings. The minimum absolute atomic E-state index is 0.354. The molecule has 2 saturated carbocycles. The number of anilines is 1. The molecule has 0 unspecified atom stereocenters. The summed E-state index contributed by atoms with van der Waals surface area (Å²) in [5.74, 6) is 3.61. The molecule has 2 aliphatic carbocycles. The zero-order valence-corrected chi connectivity index (χ0v) is 9.82. The van der Waals surface area contributed by atoms with Crippen LogP contribution in [-0.4, -0.2) is 12.8 Å². The Hall–Kier alpha value is -1.38. The summed E-state index contributed by atoms with van der Waals surface area (Å²) < 4.78 is 10.7. The predicted molar refractivity (Wildman–Crippen MR) is 65.4 cm³/mol. The highest BCUT2D eigenvalue weighted by molar-refractivity contribution is 5.56. The molecular formula is C14H17NO2. The van der Waals surface area contributed by atoms with Gasteiger partial charge in [0.2, 0.25) is 6.79 Å². The van der Waals surface area contributed by atoms with Crippen LogP contribution in [0.2, 0.25) is 0 Å². The van der Waals surface area contributed by atoms with Crippen LogP contribution in [0.3, 0.4) is 0 Å². The number of ether oxygens (including phenoxy) is 2. The maximum Gasteiger partial charge on any atom is 0.231 e. The van der Waals surface area contributed by atoms with Gasteiger partial charge in [-0.3, -0.25) is 0 Å². The van der Waals surface area contributed by atoms with E-state index in [1.807, 2.05) is 6.07 Å². The molecule has 1 aliphatic heterocycles. The first-order valence-corrected chi connectivity index (χ1v) is 6.55. The molecule has 2 bridgehead atoms. The number of nitrogens with one attached hydrogen (secondary N) is 1. The lowest BCUT2D eigenvalue weighted by Gasteiger charge is -2.24. The van der Waals surface area contributed by atoms with Crippen molar-refractivity contribution in [3.8, 4) is 11.5 Å². The second-order valence-corrected chi connectivity index (χ2v) is 5.49. The lowest BCUT2D eigenvalue weighted by molar-refractivity contribution is 0.174. The molecule has 3 nitrogen and oxygen atoms in total. The highest BCUT2D eigenvalue weighted by Gasteiger charge is 2.39. The van der Waals surface area contributed by atoms with Gasteiger partial charge in [0.05, 0.1) is 0 Å². The van der Waals surface area contributed by atoms with Crippen molar-refractivity contribution >= 4 is 5.69 Å². The Morgan fingerprint density at radius 1 is 1.06 bits per heavy atom. The van der Waals surface area contributed by atoms with Gasteiger partial charge in [0.15, 0.2) is 11.5 Å². The Bertz CT molecular complexity index is 446. The quantitative estimate of drug-likeness (QED) is 0.848. The van der Waals surface area contributed by atoms with Gasteiger partial charge in [-0.1, -0.05) is 6.42 Å². The van der Waals surface area contributed by atoms with Gasteiger partial charge >= 0.3 is 0 Å². The standard InChI is InChI=1S/C14H17NO2/c1-2-10-5-9(1)6-12(10)15-11-3-4-13-14(7-11)17-8-16-13/h3-4,7,9-10,12,15H,1-2,5-6,8H2/t9-,10-,12+/m0/s1. The third-order valence-electron chi connectivity index (χ3n) is 4.46. The average molecular weight is 231 g/mol. The van der Waals surface area contributed by atoms with Crippen LogP contribution in [0.25, 0.3) is 0 Å². The average Bonchev–Trinajstić information content (AvgIpc) is 3.03. The Morgan fingerprint density at radius 2 is 2.00 bits per heavy atom. The highest BCUT2D eigenvalue weighted by atomic mass is 16.7. The van der Waals surface area contributed by atoms with Crippen LogP contribution in [0, 0.1) is 11.8 Å². The number of fused-ring (bicyclic) bond motifs is 3. The molecule has 1 N–H and O–H groups in total. The highest BCUT2D eigenvalue weighted by Crippen LogP contribution is 2.46. The van der Waals surface area contributed by atoms with Crippen molar-refractivity contribution in [2.45, 2.75) is 31.7 Å². The first-order valence-electron chi connectivity index (χ1n) is 6.55. The van der Waals surface area contributed by atoms with E-state index in [0.29, 0.717) is 12.8 Å². The minimum atomic E-state index is 0.354. The van der Waals surface area contributed by atoms with Crippen LogP contribution in [0.4, 0.5) is 5.69 Å². The molecule has 1 heterocycles. The van der Waals surface area contributed by atoms with Gasteiger partial charge in [-0.2, -0.15) is 0 Å². The molecular weight excluding hydrogens is 214 g/mol. The van der Waals surface area contributed by atoms with Crippen molar-refractivity contribution in [2.24, 2.45) is 11.8 Å². The van der Waals surface area contributed by atoms with Gasteiger partial charge in [-0.25, -0.2) is 0 Å². The smallest absolute Gasteiger partial charge is 0.231 e. The number of rotatable bonds is 2. The minimum Gasteiger partial charge on any atom is -0.454 e. The van der Waals surface area contributed by atoms with E-state index in [1.54, 1.807) is 0 Å². The molecule has 3 heteroatoms. The van der Waals surface area contributed by atoms with Crippen LogP contribution >= 0.6 is 0 Å². The molecule has 1 aromatic carbocycles. The maximum atomic E-state index is 5.40. The molecule has 17 heavy (non-hydrogen) atoms. The number of benzene rings is 1. The van der Waals surface area contributed by atoms with Gasteiger partial charge < -0.3 is 14.8 Å². The van der Waals surface area contributed by atoms with Gasteiger partial charge in [-0.05, 0) is 43.2 Å². The Balaban J connectivity index is 1.52. The first-order chi connectivity index (χ1) is 8.38. The fraction of sp³-hybridized carbons (Fsp3) is 0.571. The van der Waals surface area contributed by atoms with E-state index < -0.39 is 0 Å². The molecule has 90 valence electrons. The Morgan fingerprint density at radius 3 is 2.82 bits per heavy atom. The van der Waals surface area contributed by atoms with Crippen molar-refractivity contribution in [3.63, 3.8) is 0 Å². The summed E-state index contributed by atoms with van der Waals surface area (Å²) >= 11 is 0. The fourth-order valence-electron chi connectivity index (χ4n) is 3.62. The first kappa shape index (κ1) is 9.63. The van der Waals surface area contributed by atoms with Crippen molar-refractivity contribution in [2.75, 3.05) is 12.1 Å². The summed E-state index contributed by atoms with van der Waals surface area (Å²) in [6, 6.07) is 6.83. The predicted octanol–water partition coefficient (Wildman–Crippen LogP) is 3.02. The molecule has 3 aliphatic rings. The molecule has 0 aromatic heterocycles. The van der Waals surface area contributed by atoms with Crippen LogP contribution < -0.4 is 14.8 Å². The van der Waals surface area contributed by atoms with Crippen LogP contribution in [0.15, 0.2) is 18.2 Å². The largest absolute Gasteiger partial charge is 0.454 e. The van der Waals surface area contributed by atoms with E-state index in [0.717, 1.165) is 23.3 Å². The Kier molecular flexibility index (Phi) is 2.01. The SMILES string of the molecule is c1cc2c(cc1N[C@@H]1C[C@H]3CC[C@H]1C3)OCO2. The molecule has 0 spiro atoms. The second kappa shape index (κ2) is 3.56. The second-order valence-electron chi connectivity index (χ2n) is 5.49. The van der Waals surface area contributed by atoms with Crippen molar-refractivity contribution in [3.05, 3.63) is 18.2 Å². The zero-order valence-electron chi connectivity index (χ0n) is 9.82. The van der Waals surface area contributed by atoms with Gasteiger partial charge in [0, 0.05) is 17.8 Å². The summed E-state index contributed by atoms with van der Waals surface area (Å²) in [6.07, 6.45) is 5.64. The molecule has 1 aromatic rings.